The highest BCUT2D eigenvalue weighted by molar-refractivity contribution is 8.03. The lowest BCUT2D eigenvalue weighted by Crippen LogP contribution is -2.31. The first-order valence-corrected chi connectivity index (χ1v) is 10.3. The van der Waals surface area contributed by atoms with Gasteiger partial charge < -0.3 is 13.9 Å². The molecule has 0 bridgehead atoms. The van der Waals surface area contributed by atoms with Gasteiger partial charge in [-0.1, -0.05) is 12.1 Å². The number of benzene rings is 2. The molecule has 8 heteroatoms. The van der Waals surface area contributed by atoms with E-state index in [1.54, 1.807) is 36.6 Å². The van der Waals surface area contributed by atoms with Gasteiger partial charge in [0.15, 0.2) is 11.5 Å². The predicted octanol–water partition coefficient (Wildman–Crippen LogP) is 4.65. The average molecular weight is 439 g/mol. The summed E-state index contributed by atoms with van der Waals surface area (Å²) in [5.74, 6) is 0.343. The molecule has 0 aliphatic carbocycles. The lowest BCUT2D eigenvalue weighted by Gasteiger charge is -2.15. The number of hydrogen-bond donors (Lipinski definition) is 0. The Morgan fingerprint density at radius 2 is 1.77 bits per heavy atom. The Balaban J connectivity index is 1.79. The minimum Gasteiger partial charge on any atom is -0.493 e. The van der Waals surface area contributed by atoms with Crippen molar-refractivity contribution in [1.29, 1.82) is 0 Å². The second-order valence-electron chi connectivity index (χ2n) is 6.57. The van der Waals surface area contributed by atoms with E-state index in [0.29, 0.717) is 28.6 Å². The molecule has 0 fully saturated rings. The number of carbonyl (C=O) groups is 2. The molecule has 0 saturated carbocycles. The van der Waals surface area contributed by atoms with Crippen molar-refractivity contribution in [3.05, 3.63) is 82.9 Å². The SMILES string of the molecule is COc1ccc(C2=C(SCc3ccco3)C(=O)N(c3cccc(F)c3)C2=O)cc1OC. The summed E-state index contributed by atoms with van der Waals surface area (Å²) in [5.41, 5.74) is 0.880. The molecule has 31 heavy (non-hydrogen) atoms. The van der Waals surface area contributed by atoms with Gasteiger partial charge in [0.2, 0.25) is 0 Å². The maximum atomic E-state index is 13.8. The molecule has 6 nitrogen and oxygen atoms in total. The Kier molecular flexibility index (Phi) is 5.81. The van der Waals surface area contributed by atoms with Crippen molar-refractivity contribution in [3.63, 3.8) is 0 Å². The van der Waals surface area contributed by atoms with Crippen molar-refractivity contribution in [2.45, 2.75) is 5.75 Å². The molecule has 1 aromatic heterocycles. The lowest BCUT2D eigenvalue weighted by atomic mass is 10.1. The Morgan fingerprint density at radius 3 is 2.45 bits per heavy atom. The number of carbonyl (C=O) groups excluding carboxylic acids is 2. The summed E-state index contributed by atoms with van der Waals surface area (Å²) >= 11 is 1.19. The number of thioether (sulfide) groups is 1. The van der Waals surface area contributed by atoms with Crippen LogP contribution in [-0.2, 0) is 15.3 Å². The monoisotopic (exact) mass is 439 g/mol. The molecule has 0 saturated heterocycles. The number of furan rings is 1. The van der Waals surface area contributed by atoms with Gasteiger partial charge >= 0.3 is 0 Å². The first kappa shape index (κ1) is 20.7. The van der Waals surface area contributed by atoms with E-state index < -0.39 is 17.6 Å². The summed E-state index contributed by atoms with van der Waals surface area (Å²) in [6.07, 6.45) is 1.54. The maximum absolute atomic E-state index is 13.8. The fourth-order valence-electron chi connectivity index (χ4n) is 3.28. The van der Waals surface area contributed by atoms with Gasteiger partial charge in [0.25, 0.3) is 11.8 Å². The summed E-state index contributed by atoms with van der Waals surface area (Å²) < 4.78 is 29.8. The maximum Gasteiger partial charge on any atom is 0.272 e. The Bertz CT molecular complexity index is 1170. The standard InChI is InChI=1S/C23H18FNO5S/c1-28-18-9-8-14(11-19(18)29-2)20-21(31-13-17-7-4-10-30-17)23(27)25(22(20)26)16-6-3-5-15(24)12-16/h3-12H,13H2,1-2H3. The number of methoxy groups -OCH3 is 2. The van der Waals surface area contributed by atoms with Gasteiger partial charge in [0, 0.05) is 0 Å². The second kappa shape index (κ2) is 8.69. The zero-order valence-electron chi connectivity index (χ0n) is 16.8. The van der Waals surface area contributed by atoms with Crippen molar-refractivity contribution in [1.82, 2.24) is 0 Å². The number of rotatable bonds is 7. The Hall–Kier alpha value is -3.52. The van der Waals surface area contributed by atoms with Gasteiger partial charge in [0.1, 0.15) is 11.6 Å². The van der Waals surface area contributed by atoms with Crippen LogP contribution in [0, 0.1) is 5.82 Å². The molecule has 1 aliphatic heterocycles. The van der Waals surface area contributed by atoms with Gasteiger partial charge in [-0.05, 0) is 48.0 Å². The Morgan fingerprint density at radius 1 is 0.968 bits per heavy atom. The average Bonchev–Trinajstić information content (AvgIpc) is 3.37. The molecule has 1 aliphatic rings. The number of amides is 2. The van der Waals surface area contributed by atoms with Gasteiger partial charge in [-0.3, -0.25) is 9.59 Å². The van der Waals surface area contributed by atoms with Crippen LogP contribution in [0.1, 0.15) is 11.3 Å². The largest absolute Gasteiger partial charge is 0.493 e. The highest BCUT2D eigenvalue weighted by Crippen LogP contribution is 2.41. The van der Waals surface area contributed by atoms with E-state index in [1.165, 1.54) is 44.2 Å². The van der Waals surface area contributed by atoms with Crippen LogP contribution in [0.15, 0.2) is 70.2 Å². The van der Waals surface area contributed by atoms with Crippen LogP contribution < -0.4 is 14.4 Å². The minimum absolute atomic E-state index is 0.168. The summed E-state index contributed by atoms with van der Waals surface area (Å²) in [6, 6.07) is 13.9. The molecule has 0 radical (unpaired) electrons. The molecule has 0 unspecified atom stereocenters. The summed E-state index contributed by atoms with van der Waals surface area (Å²) in [6.45, 7) is 0. The third-order valence-electron chi connectivity index (χ3n) is 4.72. The number of anilines is 1. The van der Waals surface area contributed by atoms with Crippen LogP contribution in [0.4, 0.5) is 10.1 Å². The van der Waals surface area contributed by atoms with E-state index in [-0.39, 0.29) is 16.2 Å². The number of imide groups is 1. The summed E-state index contributed by atoms with van der Waals surface area (Å²) in [7, 11) is 3.00. The highest BCUT2D eigenvalue weighted by atomic mass is 32.2. The molecule has 2 amide bonds. The van der Waals surface area contributed by atoms with Gasteiger partial charge in [-0.15, -0.1) is 11.8 Å². The number of ether oxygens (including phenoxy) is 2. The predicted molar refractivity (Wildman–Crippen MR) is 115 cm³/mol. The molecule has 0 spiro atoms. The fourth-order valence-corrected chi connectivity index (χ4v) is 4.29. The molecule has 0 N–H and O–H groups in total. The summed E-state index contributed by atoms with van der Waals surface area (Å²) in [5, 5.41) is 0. The van der Waals surface area contributed by atoms with Crippen molar-refractivity contribution >= 4 is 34.8 Å². The van der Waals surface area contributed by atoms with Crippen LogP contribution in [-0.4, -0.2) is 26.0 Å². The Labute approximate surface area is 182 Å². The van der Waals surface area contributed by atoms with E-state index >= 15 is 0 Å². The third kappa shape index (κ3) is 3.94. The normalized spacial score (nSPS) is 13.8. The van der Waals surface area contributed by atoms with Crippen LogP contribution in [0.25, 0.3) is 5.57 Å². The zero-order valence-corrected chi connectivity index (χ0v) is 17.6. The topological polar surface area (TPSA) is 69.0 Å². The van der Waals surface area contributed by atoms with Crippen molar-refractivity contribution in [2.75, 3.05) is 19.1 Å². The van der Waals surface area contributed by atoms with Crippen LogP contribution in [0.2, 0.25) is 0 Å². The van der Waals surface area contributed by atoms with E-state index in [1.807, 2.05) is 0 Å². The van der Waals surface area contributed by atoms with Crippen LogP contribution >= 0.6 is 11.8 Å². The zero-order chi connectivity index (χ0) is 22.0. The van der Waals surface area contributed by atoms with Gasteiger partial charge in [-0.2, -0.15) is 0 Å². The third-order valence-corrected chi connectivity index (χ3v) is 5.82. The molecule has 2 aromatic carbocycles. The van der Waals surface area contributed by atoms with E-state index in [0.717, 1.165) is 11.0 Å². The van der Waals surface area contributed by atoms with Crippen molar-refractivity contribution in [2.24, 2.45) is 0 Å². The molecule has 0 atom stereocenters. The quantitative estimate of drug-likeness (QED) is 0.499. The van der Waals surface area contributed by atoms with E-state index in [2.05, 4.69) is 0 Å². The smallest absolute Gasteiger partial charge is 0.272 e. The first-order chi connectivity index (χ1) is 15.0. The lowest BCUT2D eigenvalue weighted by molar-refractivity contribution is -0.119. The van der Waals surface area contributed by atoms with Crippen LogP contribution in [0.3, 0.4) is 0 Å². The molecule has 2 heterocycles. The highest BCUT2D eigenvalue weighted by Gasteiger charge is 2.40. The molecular weight excluding hydrogens is 421 g/mol. The molecule has 158 valence electrons. The number of nitrogens with zero attached hydrogens (tertiary/aromatic N) is 1. The van der Waals surface area contributed by atoms with Crippen molar-refractivity contribution in [3.8, 4) is 11.5 Å². The summed E-state index contributed by atoms with van der Waals surface area (Å²) in [4.78, 5) is 27.9. The second-order valence-corrected chi connectivity index (χ2v) is 7.55. The molecular formula is C23H18FNO5S. The van der Waals surface area contributed by atoms with Crippen molar-refractivity contribution < 1.29 is 27.9 Å². The van der Waals surface area contributed by atoms with E-state index in [9.17, 15) is 14.0 Å². The fraction of sp³-hybridized carbons (Fsp3) is 0.130. The van der Waals surface area contributed by atoms with Crippen LogP contribution in [0.5, 0.6) is 11.5 Å². The van der Waals surface area contributed by atoms with E-state index in [4.69, 9.17) is 13.9 Å². The number of halogens is 1. The number of hydrogen-bond acceptors (Lipinski definition) is 6. The molecule has 4 rings (SSSR count). The van der Waals surface area contributed by atoms with Gasteiger partial charge in [0.05, 0.1) is 42.4 Å². The first-order valence-electron chi connectivity index (χ1n) is 9.29. The van der Waals surface area contributed by atoms with Gasteiger partial charge in [-0.25, -0.2) is 9.29 Å². The molecule has 3 aromatic rings. The minimum atomic E-state index is -0.539.